The maximum atomic E-state index is 6.17. The molecule has 2 heterocycles. The standard InChI is InChI=1S/C14H10BrCl2N3O/c15-8-5-10(17)12(6-9(8)16)21-14-11(7-18)20-4-2-1-3-13(20)19-14/h1-6H,7,18H2. The lowest BCUT2D eigenvalue weighted by atomic mass is 10.3. The van der Waals surface area contributed by atoms with Gasteiger partial charge in [0.25, 0.3) is 0 Å². The highest BCUT2D eigenvalue weighted by molar-refractivity contribution is 9.10. The van der Waals surface area contributed by atoms with Crippen LogP contribution in [-0.4, -0.2) is 9.38 Å². The number of fused-ring (bicyclic) bond motifs is 1. The van der Waals surface area contributed by atoms with E-state index in [0.29, 0.717) is 32.7 Å². The van der Waals surface area contributed by atoms with Gasteiger partial charge in [-0.05, 0) is 34.1 Å². The molecule has 108 valence electrons. The number of nitrogens with zero attached hydrogens (tertiary/aromatic N) is 2. The van der Waals surface area contributed by atoms with Crippen molar-refractivity contribution in [1.29, 1.82) is 0 Å². The molecular weight excluding hydrogens is 377 g/mol. The summed E-state index contributed by atoms with van der Waals surface area (Å²) in [5, 5.41) is 0.943. The van der Waals surface area contributed by atoms with Gasteiger partial charge in [-0.25, -0.2) is 0 Å². The fourth-order valence-electron chi connectivity index (χ4n) is 1.98. The van der Waals surface area contributed by atoms with E-state index in [1.807, 2.05) is 28.8 Å². The Morgan fingerprint density at radius 3 is 2.81 bits per heavy atom. The number of rotatable bonds is 3. The zero-order chi connectivity index (χ0) is 15.0. The Labute approximate surface area is 139 Å². The summed E-state index contributed by atoms with van der Waals surface area (Å²) in [7, 11) is 0. The highest BCUT2D eigenvalue weighted by atomic mass is 79.9. The van der Waals surface area contributed by atoms with Gasteiger partial charge in [-0.3, -0.25) is 4.40 Å². The second-order valence-electron chi connectivity index (χ2n) is 4.30. The quantitative estimate of drug-likeness (QED) is 0.666. The Kier molecular flexibility index (Phi) is 4.08. The molecule has 0 amide bonds. The van der Waals surface area contributed by atoms with Crippen LogP contribution in [0.1, 0.15) is 5.69 Å². The summed E-state index contributed by atoms with van der Waals surface area (Å²) in [6.45, 7) is 0.294. The zero-order valence-corrected chi connectivity index (χ0v) is 13.8. The predicted octanol–water partition coefficient (Wildman–Crippen LogP) is 4.65. The molecule has 2 N–H and O–H groups in total. The van der Waals surface area contributed by atoms with Gasteiger partial charge in [0.2, 0.25) is 5.88 Å². The lowest BCUT2D eigenvalue weighted by molar-refractivity contribution is 0.459. The summed E-state index contributed by atoms with van der Waals surface area (Å²) in [5.74, 6) is 0.854. The number of hydrogen-bond donors (Lipinski definition) is 1. The minimum atomic E-state index is 0.294. The first-order chi connectivity index (χ1) is 10.1. The summed E-state index contributed by atoms with van der Waals surface area (Å²) in [4.78, 5) is 4.42. The third kappa shape index (κ3) is 2.74. The van der Waals surface area contributed by atoms with Gasteiger partial charge in [0.15, 0.2) is 0 Å². The largest absolute Gasteiger partial charge is 0.436 e. The number of nitrogens with two attached hydrogens (primary N) is 1. The molecular formula is C14H10BrCl2N3O. The van der Waals surface area contributed by atoms with Gasteiger partial charge in [-0.15, -0.1) is 0 Å². The van der Waals surface area contributed by atoms with Gasteiger partial charge in [-0.1, -0.05) is 29.3 Å². The van der Waals surface area contributed by atoms with E-state index in [4.69, 9.17) is 33.7 Å². The monoisotopic (exact) mass is 385 g/mol. The number of pyridine rings is 1. The number of imidazole rings is 1. The van der Waals surface area contributed by atoms with Crippen LogP contribution in [0, 0.1) is 0 Å². The number of hydrogen-bond acceptors (Lipinski definition) is 3. The normalized spacial score (nSPS) is 11.0. The van der Waals surface area contributed by atoms with E-state index in [0.717, 1.165) is 11.3 Å². The SMILES string of the molecule is NCc1c(Oc2cc(Cl)c(Br)cc2Cl)nc2ccccn12. The van der Waals surface area contributed by atoms with Crippen LogP contribution in [0.15, 0.2) is 41.0 Å². The highest BCUT2D eigenvalue weighted by Gasteiger charge is 2.15. The molecule has 0 aliphatic heterocycles. The lowest BCUT2D eigenvalue weighted by Crippen LogP contribution is -2.02. The third-order valence-corrected chi connectivity index (χ3v) is 4.46. The molecule has 0 saturated heterocycles. The lowest BCUT2D eigenvalue weighted by Gasteiger charge is -2.08. The molecule has 2 aromatic heterocycles. The first-order valence-corrected chi connectivity index (χ1v) is 7.63. The maximum absolute atomic E-state index is 6.17. The van der Waals surface area contributed by atoms with Crippen molar-refractivity contribution in [2.24, 2.45) is 5.73 Å². The van der Waals surface area contributed by atoms with Crippen molar-refractivity contribution in [3.63, 3.8) is 0 Å². The molecule has 0 aliphatic carbocycles. The number of halogens is 3. The van der Waals surface area contributed by atoms with E-state index in [-0.39, 0.29) is 0 Å². The average Bonchev–Trinajstić information content (AvgIpc) is 2.81. The van der Waals surface area contributed by atoms with E-state index in [2.05, 4.69) is 20.9 Å². The van der Waals surface area contributed by atoms with Crippen molar-refractivity contribution in [2.45, 2.75) is 6.54 Å². The van der Waals surface area contributed by atoms with Gasteiger partial charge in [0.1, 0.15) is 17.1 Å². The fraction of sp³-hybridized carbons (Fsp3) is 0.0714. The summed E-state index contributed by atoms with van der Waals surface area (Å²) >= 11 is 15.5. The van der Waals surface area contributed by atoms with Crippen LogP contribution in [-0.2, 0) is 6.54 Å². The van der Waals surface area contributed by atoms with Gasteiger partial charge < -0.3 is 10.5 Å². The van der Waals surface area contributed by atoms with Crippen molar-refractivity contribution >= 4 is 44.8 Å². The molecule has 0 bridgehead atoms. The minimum Gasteiger partial charge on any atom is -0.436 e. The Morgan fingerprint density at radius 2 is 2.05 bits per heavy atom. The third-order valence-electron chi connectivity index (χ3n) is 2.97. The zero-order valence-electron chi connectivity index (χ0n) is 10.7. The van der Waals surface area contributed by atoms with Gasteiger partial charge in [0, 0.05) is 23.3 Å². The molecule has 3 rings (SSSR count). The first kappa shape index (κ1) is 14.7. The van der Waals surface area contributed by atoms with Crippen LogP contribution in [0.2, 0.25) is 10.0 Å². The van der Waals surface area contributed by atoms with Gasteiger partial charge in [-0.2, -0.15) is 4.98 Å². The number of benzene rings is 1. The molecule has 0 aliphatic rings. The van der Waals surface area contributed by atoms with Crippen LogP contribution < -0.4 is 10.5 Å². The molecule has 4 nitrogen and oxygen atoms in total. The van der Waals surface area contributed by atoms with E-state index in [1.54, 1.807) is 12.1 Å². The molecule has 7 heteroatoms. The second-order valence-corrected chi connectivity index (χ2v) is 5.96. The molecule has 0 radical (unpaired) electrons. The van der Waals surface area contributed by atoms with Crippen molar-refractivity contribution in [3.05, 3.63) is 56.7 Å². The van der Waals surface area contributed by atoms with Crippen LogP contribution in [0.5, 0.6) is 11.6 Å². The Balaban J connectivity index is 2.08. The molecule has 0 atom stereocenters. The Bertz CT molecular complexity index is 819. The molecule has 0 spiro atoms. The van der Waals surface area contributed by atoms with Crippen molar-refractivity contribution in [3.8, 4) is 11.6 Å². The van der Waals surface area contributed by atoms with Crippen molar-refractivity contribution < 1.29 is 4.74 Å². The molecule has 3 aromatic rings. The van der Waals surface area contributed by atoms with E-state index >= 15 is 0 Å². The average molecular weight is 387 g/mol. The first-order valence-electron chi connectivity index (χ1n) is 6.08. The van der Waals surface area contributed by atoms with Gasteiger partial charge >= 0.3 is 0 Å². The predicted molar refractivity (Wildman–Crippen MR) is 87.3 cm³/mol. The molecule has 0 unspecified atom stereocenters. The summed E-state index contributed by atoms with van der Waals surface area (Å²) in [5.41, 5.74) is 7.32. The van der Waals surface area contributed by atoms with E-state index in [9.17, 15) is 0 Å². The van der Waals surface area contributed by atoms with E-state index in [1.165, 1.54) is 0 Å². The van der Waals surface area contributed by atoms with E-state index < -0.39 is 0 Å². The summed E-state index contributed by atoms with van der Waals surface area (Å²) < 4.78 is 8.39. The number of ether oxygens (including phenoxy) is 1. The number of aromatic nitrogens is 2. The topological polar surface area (TPSA) is 52.5 Å². The van der Waals surface area contributed by atoms with Crippen molar-refractivity contribution in [2.75, 3.05) is 0 Å². The molecule has 0 fully saturated rings. The molecule has 21 heavy (non-hydrogen) atoms. The molecule has 0 saturated carbocycles. The summed E-state index contributed by atoms with van der Waals surface area (Å²) in [6.07, 6.45) is 1.88. The molecule has 1 aromatic carbocycles. The fourth-order valence-corrected chi connectivity index (χ4v) is 2.81. The highest BCUT2D eigenvalue weighted by Crippen LogP contribution is 2.37. The second kappa shape index (κ2) is 5.85. The Morgan fingerprint density at radius 1 is 1.24 bits per heavy atom. The smallest absolute Gasteiger partial charge is 0.242 e. The van der Waals surface area contributed by atoms with Crippen LogP contribution in [0.4, 0.5) is 0 Å². The van der Waals surface area contributed by atoms with Crippen LogP contribution >= 0.6 is 39.1 Å². The van der Waals surface area contributed by atoms with Crippen molar-refractivity contribution in [1.82, 2.24) is 9.38 Å². The summed E-state index contributed by atoms with van der Waals surface area (Å²) in [6, 6.07) is 8.99. The maximum Gasteiger partial charge on any atom is 0.242 e. The van der Waals surface area contributed by atoms with Crippen LogP contribution in [0.3, 0.4) is 0 Å². The van der Waals surface area contributed by atoms with Crippen LogP contribution in [0.25, 0.3) is 5.65 Å². The minimum absolute atomic E-state index is 0.294. The Hall–Kier alpha value is -1.27. The van der Waals surface area contributed by atoms with Gasteiger partial charge in [0.05, 0.1) is 10.0 Å².